The van der Waals surface area contributed by atoms with Crippen molar-refractivity contribution in [1.82, 2.24) is 0 Å². The van der Waals surface area contributed by atoms with Crippen molar-refractivity contribution in [2.24, 2.45) is 0 Å². The number of nitrogen functional groups attached to an aromatic ring is 1. The Labute approximate surface area is 92.9 Å². The van der Waals surface area contributed by atoms with Gasteiger partial charge in [-0.3, -0.25) is 4.79 Å². The predicted octanol–water partition coefficient (Wildman–Crippen LogP) is 1.67. The molecule has 0 spiro atoms. The van der Waals surface area contributed by atoms with Crippen LogP contribution in [0, 0.1) is 0 Å². The molecule has 1 rings (SSSR count). The molecule has 5 heteroatoms. The Balaban J connectivity index is 2.60. The van der Waals surface area contributed by atoms with Gasteiger partial charge in [0, 0.05) is 18.2 Å². The fourth-order valence-corrected chi connectivity index (χ4v) is 1.46. The van der Waals surface area contributed by atoms with E-state index in [9.17, 15) is 4.79 Å². The van der Waals surface area contributed by atoms with E-state index in [0.717, 1.165) is 5.75 Å². The number of rotatable bonds is 4. The molecule has 0 heterocycles. The van der Waals surface area contributed by atoms with E-state index >= 15 is 0 Å². The minimum absolute atomic E-state index is 0.0678. The van der Waals surface area contributed by atoms with Crippen LogP contribution in [0.4, 0.5) is 11.4 Å². The Morgan fingerprint density at radius 3 is 2.93 bits per heavy atom. The molecule has 15 heavy (non-hydrogen) atoms. The van der Waals surface area contributed by atoms with Crippen LogP contribution >= 0.6 is 11.8 Å². The molecular formula is C10H14N2O2S. The number of hydrogen-bond acceptors (Lipinski definition) is 4. The lowest BCUT2D eigenvalue weighted by Gasteiger charge is -2.07. The van der Waals surface area contributed by atoms with E-state index in [-0.39, 0.29) is 11.7 Å². The summed E-state index contributed by atoms with van der Waals surface area (Å²) in [6, 6.07) is 4.48. The first kappa shape index (κ1) is 11.7. The van der Waals surface area contributed by atoms with Crippen LogP contribution in [0.15, 0.2) is 18.2 Å². The summed E-state index contributed by atoms with van der Waals surface area (Å²) in [6.07, 6.45) is 2.41. The molecule has 1 aromatic carbocycles. The molecule has 82 valence electrons. The summed E-state index contributed by atoms with van der Waals surface area (Å²) in [5.74, 6) is 0.806. The molecule has 0 aliphatic rings. The van der Waals surface area contributed by atoms with E-state index in [0.29, 0.717) is 17.8 Å². The predicted molar refractivity (Wildman–Crippen MR) is 64.1 cm³/mol. The summed E-state index contributed by atoms with van der Waals surface area (Å²) in [6.45, 7) is 0. The average Bonchev–Trinajstić information content (AvgIpc) is 2.19. The van der Waals surface area contributed by atoms with Crippen molar-refractivity contribution in [2.75, 3.05) is 23.1 Å². The molecule has 0 saturated carbocycles. The van der Waals surface area contributed by atoms with Gasteiger partial charge < -0.3 is 16.2 Å². The highest BCUT2D eigenvalue weighted by molar-refractivity contribution is 7.98. The zero-order valence-electron chi connectivity index (χ0n) is 8.49. The first-order valence-corrected chi connectivity index (χ1v) is 5.90. The number of carbonyl (C=O) groups excluding carboxylic acids is 1. The van der Waals surface area contributed by atoms with Crippen LogP contribution in [-0.4, -0.2) is 23.0 Å². The minimum Gasteiger partial charge on any atom is -0.508 e. The molecule has 1 amide bonds. The third kappa shape index (κ3) is 3.71. The summed E-state index contributed by atoms with van der Waals surface area (Å²) >= 11 is 1.62. The maximum Gasteiger partial charge on any atom is 0.225 e. The highest BCUT2D eigenvalue weighted by Gasteiger charge is 2.04. The molecule has 0 aliphatic carbocycles. The topological polar surface area (TPSA) is 75.3 Å². The summed E-state index contributed by atoms with van der Waals surface area (Å²) in [4.78, 5) is 11.4. The van der Waals surface area contributed by atoms with Crippen molar-refractivity contribution >= 4 is 29.0 Å². The standard InChI is InChI=1S/C10H14N2O2S/c1-15-5-4-10(14)12-9-3-2-7(13)6-8(9)11/h2-3,6,13H,4-5,11H2,1H3,(H,12,14). The van der Waals surface area contributed by atoms with Crippen LogP contribution in [0.5, 0.6) is 5.75 Å². The Morgan fingerprint density at radius 2 is 2.33 bits per heavy atom. The van der Waals surface area contributed by atoms with Crippen molar-refractivity contribution < 1.29 is 9.90 Å². The lowest BCUT2D eigenvalue weighted by molar-refractivity contribution is -0.115. The number of thioether (sulfide) groups is 1. The van der Waals surface area contributed by atoms with Crippen molar-refractivity contribution in [3.8, 4) is 5.75 Å². The van der Waals surface area contributed by atoms with Gasteiger partial charge in [0.15, 0.2) is 0 Å². The number of carbonyl (C=O) groups is 1. The third-order valence-corrected chi connectivity index (χ3v) is 2.45. The van der Waals surface area contributed by atoms with Crippen LogP contribution in [0.1, 0.15) is 6.42 Å². The Hall–Kier alpha value is -1.36. The maximum absolute atomic E-state index is 11.4. The highest BCUT2D eigenvalue weighted by Crippen LogP contribution is 2.23. The number of anilines is 2. The third-order valence-electron chi connectivity index (χ3n) is 1.84. The number of nitrogens with one attached hydrogen (secondary N) is 1. The van der Waals surface area contributed by atoms with Gasteiger partial charge in [-0.15, -0.1) is 0 Å². The van der Waals surface area contributed by atoms with E-state index in [4.69, 9.17) is 10.8 Å². The van der Waals surface area contributed by atoms with Crippen LogP contribution in [0.2, 0.25) is 0 Å². The van der Waals surface area contributed by atoms with Crippen molar-refractivity contribution in [3.63, 3.8) is 0 Å². The van der Waals surface area contributed by atoms with Gasteiger partial charge in [-0.25, -0.2) is 0 Å². The molecule has 0 aromatic heterocycles. The summed E-state index contributed by atoms with van der Waals surface area (Å²) in [5, 5.41) is 11.8. The SMILES string of the molecule is CSCCC(=O)Nc1ccc(O)cc1N. The molecular weight excluding hydrogens is 212 g/mol. The zero-order chi connectivity index (χ0) is 11.3. The molecule has 0 aliphatic heterocycles. The quantitative estimate of drug-likeness (QED) is 0.539. The number of phenolic OH excluding ortho intramolecular Hbond substituents is 1. The van der Waals surface area contributed by atoms with Crippen molar-refractivity contribution in [2.45, 2.75) is 6.42 Å². The van der Waals surface area contributed by atoms with Crippen LogP contribution in [0.25, 0.3) is 0 Å². The monoisotopic (exact) mass is 226 g/mol. The van der Waals surface area contributed by atoms with E-state index in [1.165, 1.54) is 12.1 Å². The van der Waals surface area contributed by atoms with E-state index in [1.807, 2.05) is 6.26 Å². The molecule has 0 atom stereocenters. The molecule has 4 N–H and O–H groups in total. The van der Waals surface area contributed by atoms with Crippen molar-refractivity contribution in [3.05, 3.63) is 18.2 Å². The lowest BCUT2D eigenvalue weighted by Crippen LogP contribution is -2.13. The average molecular weight is 226 g/mol. The zero-order valence-corrected chi connectivity index (χ0v) is 9.30. The molecule has 0 bridgehead atoms. The van der Waals surface area contributed by atoms with Crippen molar-refractivity contribution in [1.29, 1.82) is 0 Å². The fourth-order valence-electron chi connectivity index (χ4n) is 1.07. The van der Waals surface area contributed by atoms with Gasteiger partial charge in [0.25, 0.3) is 0 Å². The van der Waals surface area contributed by atoms with E-state index < -0.39 is 0 Å². The first-order valence-electron chi connectivity index (χ1n) is 4.50. The van der Waals surface area contributed by atoms with E-state index in [1.54, 1.807) is 17.8 Å². The van der Waals surface area contributed by atoms with Gasteiger partial charge in [0.2, 0.25) is 5.91 Å². The van der Waals surface area contributed by atoms with Gasteiger partial charge >= 0.3 is 0 Å². The molecule has 0 unspecified atom stereocenters. The van der Waals surface area contributed by atoms with Crippen LogP contribution < -0.4 is 11.1 Å². The largest absolute Gasteiger partial charge is 0.508 e. The number of amides is 1. The van der Waals surface area contributed by atoms with Gasteiger partial charge in [-0.2, -0.15) is 11.8 Å². The molecule has 0 fully saturated rings. The highest BCUT2D eigenvalue weighted by atomic mass is 32.2. The van der Waals surface area contributed by atoms with Gasteiger partial charge in [-0.1, -0.05) is 0 Å². The van der Waals surface area contributed by atoms with Gasteiger partial charge in [0.1, 0.15) is 5.75 Å². The maximum atomic E-state index is 11.4. The molecule has 4 nitrogen and oxygen atoms in total. The number of aromatic hydroxyl groups is 1. The minimum atomic E-state index is -0.0678. The smallest absolute Gasteiger partial charge is 0.225 e. The molecule has 0 radical (unpaired) electrons. The Morgan fingerprint density at radius 1 is 1.60 bits per heavy atom. The number of benzene rings is 1. The summed E-state index contributed by atoms with van der Waals surface area (Å²) in [7, 11) is 0. The Bertz CT molecular complexity index is 355. The lowest BCUT2D eigenvalue weighted by atomic mass is 10.2. The van der Waals surface area contributed by atoms with Crippen LogP contribution in [0.3, 0.4) is 0 Å². The van der Waals surface area contributed by atoms with Gasteiger partial charge in [0.05, 0.1) is 11.4 Å². The van der Waals surface area contributed by atoms with Crippen LogP contribution in [-0.2, 0) is 4.79 Å². The number of hydrogen-bond donors (Lipinski definition) is 3. The summed E-state index contributed by atoms with van der Waals surface area (Å²) in [5.41, 5.74) is 6.53. The molecule has 0 saturated heterocycles. The second-order valence-corrected chi connectivity index (χ2v) is 4.05. The molecule has 1 aromatic rings. The van der Waals surface area contributed by atoms with Gasteiger partial charge in [-0.05, 0) is 18.4 Å². The second-order valence-electron chi connectivity index (χ2n) is 3.06. The fraction of sp³-hybridized carbons (Fsp3) is 0.300. The Kier molecular flexibility index (Phi) is 4.30. The number of nitrogens with two attached hydrogens (primary N) is 1. The normalized spacial score (nSPS) is 9.93. The summed E-state index contributed by atoms with van der Waals surface area (Å²) < 4.78 is 0. The second kappa shape index (κ2) is 5.50. The van der Waals surface area contributed by atoms with E-state index in [2.05, 4.69) is 5.32 Å². The first-order chi connectivity index (χ1) is 7.13. The number of phenols is 1.